The van der Waals surface area contributed by atoms with Crippen LogP contribution < -0.4 is 5.32 Å². The number of thiophene rings is 1. The van der Waals surface area contributed by atoms with Gasteiger partial charge in [-0.3, -0.25) is 19.7 Å². The molecule has 148 valence electrons. The lowest BCUT2D eigenvalue weighted by Crippen LogP contribution is -2.21. The molecule has 0 atom stereocenters. The minimum atomic E-state index is -0.760. The second-order valence-electron chi connectivity index (χ2n) is 5.83. The van der Waals surface area contributed by atoms with Crippen LogP contribution in [0.4, 0.5) is 10.7 Å². The molecule has 2 aromatic rings. The van der Waals surface area contributed by atoms with Crippen molar-refractivity contribution in [3.05, 3.63) is 54.9 Å². The lowest BCUT2D eigenvalue weighted by Gasteiger charge is -2.08. The number of hydrogen-bond acceptors (Lipinski definition) is 7. The van der Waals surface area contributed by atoms with Gasteiger partial charge < -0.3 is 15.0 Å². The van der Waals surface area contributed by atoms with Gasteiger partial charge in [0.25, 0.3) is 17.5 Å². The van der Waals surface area contributed by atoms with Crippen LogP contribution in [0.5, 0.6) is 0 Å². The van der Waals surface area contributed by atoms with Crippen molar-refractivity contribution in [1.82, 2.24) is 4.90 Å². The van der Waals surface area contributed by atoms with Gasteiger partial charge in [-0.25, -0.2) is 4.79 Å². The fourth-order valence-corrected chi connectivity index (χ4v) is 3.74. The molecule has 0 aliphatic carbocycles. The van der Waals surface area contributed by atoms with Crippen molar-refractivity contribution in [3.63, 3.8) is 0 Å². The third-order valence-electron chi connectivity index (χ3n) is 3.77. The lowest BCUT2D eigenvalue weighted by atomic mass is 10.1. The first-order chi connectivity index (χ1) is 13.1. The molecule has 0 spiro atoms. The third-order valence-corrected chi connectivity index (χ3v) is 5.29. The van der Waals surface area contributed by atoms with Crippen LogP contribution in [0.2, 0.25) is 5.02 Å². The van der Waals surface area contributed by atoms with Crippen molar-refractivity contribution in [2.75, 3.05) is 26.5 Å². The minimum Gasteiger partial charge on any atom is -0.465 e. The van der Waals surface area contributed by atoms with Crippen LogP contribution >= 0.6 is 22.9 Å². The number of nitro groups is 1. The first-order valence-electron chi connectivity index (χ1n) is 7.77. The average molecular weight is 426 g/mol. The smallest absolute Gasteiger partial charge is 0.341 e. The number of nitrogens with zero attached hydrogens (tertiary/aromatic N) is 2. The van der Waals surface area contributed by atoms with Gasteiger partial charge in [0, 0.05) is 26.2 Å². The topological polar surface area (TPSA) is 119 Å². The molecule has 1 N–H and O–H groups in total. The molecule has 0 radical (unpaired) electrons. The van der Waals surface area contributed by atoms with E-state index in [0.717, 1.165) is 17.4 Å². The Labute approximate surface area is 169 Å². The number of ether oxygens (including phenoxy) is 1. The van der Waals surface area contributed by atoms with E-state index in [-0.39, 0.29) is 37.6 Å². The number of hydrogen-bond donors (Lipinski definition) is 1. The maximum atomic E-state index is 12.6. The summed E-state index contributed by atoms with van der Waals surface area (Å²) in [5.74, 6) is -1.84. The number of nitro benzene ring substituents is 1. The molecule has 0 saturated heterocycles. The standard InChI is InChI=1S/C17H16ClN3O6S/c1-8-12(17(24)27-4)15(28-13(8)16(23)20(2)3)19-14(22)10-7-9(21(25)26)5-6-11(10)18/h5-7H,1-4H3,(H,19,22). The van der Waals surface area contributed by atoms with Gasteiger partial charge in [-0.1, -0.05) is 11.6 Å². The Kier molecular flexibility index (Phi) is 6.37. The number of carbonyl (C=O) groups is 3. The maximum Gasteiger partial charge on any atom is 0.341 e. The van der Waals surface area contributed by atoms with E-state index in [1.165, 1.54) is 24.1 Å². The second-order valence-corrected chi connectivity index (χ2v) is 7.25. The zero-order chi connectivity index (χ0) is 21.2. The number of anilines is 1. The Morgan fingerprint density at radius 1 is 1.29 bits per heavy atom. The minimum absolute atomic E-state index is 0.000544. The van der Waals surface area contributed by atoms with E-state index < -0.39 is 16.8 Å². The van der Waals surface area contributed by atoms with Crippen LogP contribution in [0.15, 0.2) is 18.2 Å². The van der Waals surface area contributed by atoms with Gasteiger partial charge in [-0.2, -0.15) is 0 Å². The second kappa shape index (κ2) is 8.36. The summed E-state index contributed by atoms with van der Waals surface area (Å²) in [5.41, 5.74) is -0.0598. The third kappa shape index (κ3) is 4.12. The average Bonchev–Trinajstić information content (AvgIpc) is 2.96. The number of rotatable bonds is 5. The highest BCUT2D eigenvalue weighted by atomic mass is 35.5. The number of non-ortho nitro benzene ring substituents is 1. The van der Waals surface area contributed by atoms with Gasteiger partial charge in [0.2, 0.25) is 0 Å². The fraction of sp³-hybridized carbons (Fsp3) is 0.235. The molecule has 0 saturated carbocycles. The number of esters is 1. The summed E-state index contributed by atoms with van der Waals surface area (Å²) >= 11 is 6.89. The molecular formula is C17H16ClN3O6S. The molecule has 1 heterocycles. The molecule has 9 nitrogen and oxygen atoms in total. The zero-order valence-corrected chi connectivity index (χ0v) is 16.9. The molecule has 0 unspecified atom stereocenters. The van der Waals surface area contributed by atoms with Gasteiger partial charge in [-0.15, -0.1) is 11.3 Å². The monoisotopic (exact) mass is 425 g/mol. The van der Waals surface area contributed by atoms with Crippen LogP contribution in [0.3, 0.4) is 0 Å². The largest absolute Gasteiger partial charge is 0.465 e. The SMILES string of the molecule is COC(=O)c1c(NC(=O)c2cc([N+](=O)[O-])ccc2Cl)sc(C(=O)N(C)C)c1C. The lowest BCUT2D eigenvalue weighted by molar-refractivity contribution is -0.384. The molecule has 11 heteroatoms. The van der Waals surface area contributed by atoms with Gasteiger partial charge in [-0.05, 0) is 18.6 Å². The van der Waals surface area contributed by atoms with Gasteiger partial charge in [0.05, 0.1) is 33.1 Å². The first-order valence-corrected chi connectivity index (χ1v) is 8.96. The number of carbonyl (C=O) groups excluding carboxylic acids is 3. The Morgan fingerprint density at radius 3 is 2.46 bits per heavy atom. The number of nitrogens with one attached hydrogen (secondary N) is 1. The predicted octanol–water partition coefficient (Wildman–Crippen LogP) is 3.36. The van der Waals surface area contributed by atoms with E-state index in [0.29, 0.717) is 5.56 Å². The molecule has 0 fully saturated rings. The number of methoxy groups -OCH3 is 1. The van der Waals surface area contributed by atoms with Crippen LogP contribution in [-0.4, -0.2) is 48.8 Å². The summed E-state index contributed by atoms with van der Waals surface area (Å²) in [6.45, 7) is 1.56. The molecule has 28 heavy (non-hydrogen) atoms. The van der Waals surface area contributed by atoms with Crippen molar-refractivity contribution >= 4 is 51.4 Å². The fourth-order valence-electron chi connectivity index (χ4n) is 2.33. The molecule has 0 aliphatic heterocycles. The number of halogens is 1. The summed E-state index contributed by atoms with van der Waals surface area (Å²) in [6, 6.07) is 3.43. The molecular weight excluding hydrogens is 410 g/mol. The summed E-state index contributed by atoms with van der Waals surface area (Å²) in [4.78, 5) is 49.0. The molecule has 2 rings (SSSR count). The maximum absolute atomic E-state index is 12.6. The highest BCUT2D eigenvalue weighted by Gasteiger charge is 2.28. The Morgan fingerprint density at radius 2 is 1.93 bits per heavy atom. The summed E-state index contributed by atoms with van der Waals surface area (Å²) in [6.07, 6.45) is 0. The molecule has 1 aromatic carbocycles. The van der Waals surface area contributed by atoms with Crippen LogP contribution in [0.25, 0.3) is 0 Å². The van der Waals surface area contributed by atoms with Crippen LogP contribution in [0.1, 0.15) is 36.0 Å². The van der Waals surface area contributed by atoms with E-state index in [4.69, 9.17) is 16.3 Å². The predicted molar refractivity (Wildman–Crippen MR) is 104 cm³/mol. The van der Waals surface area contributed by atoms with Crippen LogP contribution in [0, 0.1) is 17.0 Å². The first kappa shape index (κ1) is 21.3. The molecule has 0 bridgehead atoms. The highest BCUT2D eigenvalue weighted by Crippen LogP contribution is 2.35. The van der Waals surface area contributed by atoms with Crippen molar-refractivity contribution in [2.45, 2.75) is 6.92 Å². The van der Waals surface area contributed by atoms with E-state index in [1.54, 1.807) is 21.0 Å². The van der Waals surface area contributed by atoms with E-state index >= 15 is 0 Å². The Balaban J connectivity index is 2.51. The summed E-state index contributed by atoms with van der Waals surface area (Å²) < 4.78 is 4.75. The van der Waals surface area contributed by atoms with Crippen molar-refractivity contribution in [1.29, 1.82) is 0 Å². The summed E-state index contributed by atoms with van der Waals surface area (Å²) in [5, 5.41) is 13.5. The number of amides is 2. The zero-order valence-electron chi connectivity index (χ0n) is 15.4. The number of benzene rings is 1. The molecule has 1 aromatic heterocycles. The van der Waals surface area contributed by atoms with Gasteiger partial charge in [0.1, 0.15) is 5.00 Å². The van der Waals surface area contributed by atoms with E-state index in [9.17, 15) is 24.5 Å². The van der Waals surface area contributed by atoms with Crippen molar-refractivity contribution < 1.29 is 24.0 Å². The summed E-state index contributed by atoms with van der Waals surface area (Å²) in [7, 11) is 4.29. The van der Waals surface area contributed by atoms with Crippen molar-refractivity contribution in [3.8, 4) is 0 Å². The molecule has 2 amide bonds. The Bertz CT molecular complexity index is 986. The van der Waals surface area contributed by atoms with Gasteiger partial charge >= 0.3 is 5.97 Å². The highest BCUT2D eigenvalue weighted by molar-refractivity contribution is 7.18. The van der Waals surface area contributed by atoms with E-state index in [1.807, 2.05) is 0 Å². The normalized spacial score (nSPS) is 10.3. The quantitative estimate of drug-likeness (QED) is 0.445. The van der Waals surface area contributed by atoms with Gasteiger partial charge in [0.15, 0.2) is 0 Å². The molecule has 0 aliphatic rings. The van der Waals surface area contributed by atoms with E-state index in [2.05, 4.69) is 5.32 Å². The van der Waals surface area contributed by atoms with Crippen molar-refractivity contribution in [2.24, 2.45) is 0 Å². The van der Waals surface area contributed by atoms with Crippen LogP contribution in [-0.2, 0) is 4.74 Å². The Hall–Kier alpha value is -2.98.